The zero-order chi connectivity index (χ0) is 19.0. The molecule has 140 valence electrons. The molecular weight excluding hydrogens is 358 g/mol. The lowest BCUT2D eigenvalue weighted by atomic mass is 10.2. The Morgan fingerprint density at radius 1 is 1.30 bits per heavy atom. The van der Waals surface area contributed by atoms with Gasteiger partial charge in [0.15, 0.2) is 10.8 Å². The highest BCUT2D eigenvalue weighted by atomic mass is 32.1. The van der Waals surface area contributed by atoms with Crippen molar-refractivity contribution in [2.24, 2.45) is 0 Å². The Hall–Kier alpha value is -2.60. The Bertz CT molecular complexity index is 975. The Kier molecular flexibility index (Phi) is 4.74. The Morgan fingerprint density at radius 3 is 2.89 bits per heavy atom. The third-order valence-electron chi connectivity index (χ3n) is 4.97. The van der Waals surface area contributed by atoms with Crippen molar-refractivity contribution in [3.05, 3.63) is 58.3 Å². The molecule has 0 saturated carbocycles. The highest BCUT2D eigenvalue weighted by molar-refractivity contribution is 7.17. The molecule has 1 aliphatic heterocycles. The van der Waals surface area contributed by atoms with Gasteiger partial charge in [-0.05, 0) is 51.0 Å². The monoisotopic (exact) mass is 381 g/mol. The van der Waals surface area contributed by atoms with Gasteiger partial charge in [0.1, 0.15) is 10.6 Å². The lowest BCUT2D eigenvalue weighted by Gasteiger charge is -2.27. The van der Waals surface area contributed by atoms with Crippen LogP contribution >= 0.6 is 11.3 Å². The van der Waals surface area contributed by atoms with E-state index in [1.165, 1.54) is 22.6 Å². The number of carbonyl (C=O) groups is 1. The van der Waals surface area contributed by atoms with E-state index in [4.69, 9.17) is 4.42 Å². The van der Waals surface area contributed by atoms with Crippen LogP contribution in [-0.2, 0) is 6.42 Å². The molecule has 0 radical (unpaired) electrons. The van der Waals surface area contributed by atoms with E-state index in [0.717, 1.165) is 29.4 Å². The highest BCUT2D eigenvalue weighted by Gasteiger charge is 2.24. The molecule has 1 unspecified atom stereocenters. The predicted molar refractivity (Wildman–Crippen MR) is 109 cm³/mol. The van der Waals surface area contributed by atoms with Crippen molar-refractivity contribution in [2.45, 2.75) is 33.2 Å². The largest absolute Gasteiger partial charge is 0.459 e. The van der Waals surface area contributed by atoms with Gasteiger partial charge in [-0.15, -0.1) is 11.3 Å². The van der Waals surface area contributed by atoms with Crippen LogP contribution in [0, 0.1) is 13.8 Å². The number of fused-ring (bicyclic) bond motifs is 1. The summed E-state index contributed by atoms with van der Waals surface area (Å²) in [5.41, 5.74) is 3.40. The fourth-order valence-electron chi connectivity index (χ4n) is 3.51. The summed E-state index contributed by atoms with van der Waals surface area (Å²) in [6.45, 7) is 7.51. The summed E-state index contributed by atoms with van der Waals surface area (Å²) < 4.78 is 5.63. The number of benzene rings is 1. The van der Waals surface area contributed by atoms with E-state index in [1.54, 1.807) is 0 Å². The zero-order valence-electron chi connectivity index (χ0n) is 15.8. The van der Waals surface area contributed by atoms with Crippen LogP contribution in [0.2, 0.25) is 0 Å². The number of anilines is 1. The molecule has 0 fully saturated rings. The number of aryl methyl sites for hydroxylation is 2. The number of carbonyl (C=O) groups excluding carboxylic acids is 1. The van der Waals surface area contributed by atoms with E-state index in [1.807, 2.05) is 26.0 Å². The van der Waals surface area contributed by atoms with Gasteiger partial charge in [0, 0.05) is 24.8 Å². The van der Waals surface area contributed by atoms with Crippen molar-refractivity contribution < 1.29 is 9.21 Å². The van der Waals surface area contributed by atoms with Gasteiger partial charge in [-0.2, -0.15) is 0 Å². The molecule has 3 aromatic rings. The number of hydrogen-bond acceptors (Lipinski definition) is 5. The smallest absolute Gasteiger partial charge is 0.263 e. The van der Waals surface area contributed by atoms with E-state index in [0.29, 0.717) is 17.2 Å². The molecule has 1 N–H and O–H groups in total. The van der Waals surface area contributed by atoms with Gasteiger partial charge < -0.3 is 14.6 Å². The maximum absolute atomic E-state index is 12.7. The first-order valence-corrected chi connectivity index (χ1v) is 10.0. The SMILES string of the molecule is Cc1ccc(-c2nc(C)c(C(=O)NCC(C)N3CCc4ccccc43)s2)o1. The van der Waals surface area contributed by atoms with E-state index >= 15 is 0 Å². The second-order valence-electron chi connectivity index (χ2n) is 6.98. The Morgan fingerprint density at radius 2 is 2.11 bits per heavy atom. The number of nitrogens with zero attached hydrogens (tertiary/aromatic N) is 2. The summed E-state index contributed by atoms with van der Waals surface area (Å²) in [6, 6.07) is 12.5. The van der Waals surface area contributed by atoms with Crippen LogP contribution < -0.4 is 10.2 Å². The van der Waals surface area contributed by atoms with Gasteiger partial charge in [0.2, 0.25) is 0 Å². The van der Waals surface area contributed by atoms with E-state index < -0.39 is 0 Å². The maximum atomic E-state index is 12.7. The summed E-state index contributed by atoms with van der Waals surface area (Å²) in [5.74, 6) is 1.48. The number of thiazole rings is 1. The lowest BCUT2D eigenvalue weighted by Crippen LogP contribution is -2.41. The lowest BCUT2D eigenvalue weighted by molar-refractivity contribution is 0.0955. The average molecular weight is 382 g/mol. The first-order valence-electron chi connectivity index (χ1n) is 9.20. The number of furan rings is 1. The van der Waals surface area contributed by atoms with Gasteiger partial charge in [-0.1, -0.05) is 18.2 Å². The van der Waals surface area contributed by atoms with Crippen LogP contribution in [0.3, 0.4) is 0 Å². The zero-order valence-corrected chi connectivity index (χ0v) is 16.6. The fourth-order valence-corrected chi connectivity index (χ4v) is 4.46. The number of aromatic nitrogens is 1. The minimum Gasteiger partial charge on any atom is -0.459 e. The molecule has 0 aliphatic carbocycles. The van der Waals surface area contributed by atoms with Crippen molar-refractivity contribution >= 4 is 22.9 Å². The van der Waals surface area contributed by atoms with Crippen LogP contribution in [0.5, 0.6) is 0 Å². The number of amides is 1. The van der Waals surface area contributed by atoms with E-state index in [2.05, 4.69) is 46.4 Å². The normalized spacial score (nSPS) is 14.3. The standard InChI is InChI=1S/C21H23N3O2S/c1-13(24-11-10-16-6-4-5-7-17(16)24)12-22-20(25)19-15(3)23-21(27-19)18-9-8-14(2)26-18/h4-9,13H,10-12H2,1-3H3,(H,22,25). The molecule has 5 nitrogen and oxygen atoms in total. The molecule has 3 heterocycles. The molecule has 6 heteroatoms. The molecule has 1 aromatic carbocycles. The van der Waals surface area contributed by atoms with Crippen LogP contribution in [0.25, 0.3) is 10.8 Å². The third kappa shape index (κ3) is 3.49. The van der Waals surface area contributed by atoms with Gasteiger partial charge in [-0.25, -0.2) is 4.98 Å². The summed E-state index contributed by atoms with van der Waals surface area (Å²) >= 11 is 1.38. The average Bonchev–Trinajstić information content (AvgIpc) is 3.37. The topological polar surface area (TPSA) is 58.4 Å². The molecule has 0 spiro atoms. The molecule has 0 saturated heterocycles. The van der Waals surface area contributed by atoms with Gasteiger partial charge in [-0.3, -0.25) is 4.79 Å². The maximum Gasteiger partial charge on any atom is 0.263 e. The molecule has 4 rings (SSSR count). The minimum atomic E-state index is -0.0705. The summed E-state index contributed by atoms with van der Waals surface area (Å²) in [6.07, 6.45) is 1.06. The minimum absolute atomic E-state index is 0.0705. The molecule has 1 aliphatic rings. The van der Waals surface area contributed by atoms with Crippen molar-refractivity contribution in [3.63, 3.8) is 0 Å². The van der Waals surface area contributed by atoms with Crippen LogP contribution in [0.4, 0.5) is 5.69 Å². The predicted octanol–water partition coefficient (Wildman–Crippen LogP) is 4.20. The van der Waals surface area contributed by atoms with Crippen molar-refractivity contribution in [1.82, 2.24) is 10.3 Å². The first-order chi connectivity index (χ1) is 13.0. The molecule has 0 bridgehead atoms. The molecular formula is C21H23N3O2S. The summed E-state index contributed by atoms with van der Waals surface area (Å²) in [7, 11) is 0. The number of para-hydroxylation sites is 1. The van der Waals surface area contributed by atoms with Crippen molar-refractivity contribution in [1.29, 1.82) is 0 Å². The van der Waals surface area contributed by atoms with Gasteiger partial charge >= 0.3 is 0 Å². The Labute approximate surface area is 163 Å². The van der Waals surface area contributed by atoms with E-state index in [9.17, 15) is 4.79 Å². The quantitative estimate of drug-likeness (QED) is 0.720. The number of nitrogens with one attached hydrogen (secondary N) is 1. The molecule has 1 amide bonds. The van der Waals surface area contributed by atoms with Crippen molar-refractivity contribution in [3.8, 4) is 10.8 Å². The second-order valence-corrected chi connectivity index (χ2v) is 7.97. The highest BCUT2D eigenvalue weighted by Crippen LogP contribution is 2.30. The van der Waals surface area contributed by atoms with Crippen molar-refractivity contribution in [2.75, 3.05) is 18.0 Å². The third-order valence-corrected chi connectivity index (χ3v) is 6.14. The van der Waals surface area contributed by atoms with Crippen LogP contribution in [-0.4, -0.2) is 30.0 Å². The molecule has 2 aromatic heterocycles. The van der Waals surface area contributed by atoms with Crippen LogP contribution in [0.15, 0.2) is 40.8 Å². The Balaban J connectivity index is 1.42. The second kappa shape index (κ2) is 7.19. The molecule has 1 atom stereocenters. The first kappa shape index (κ1) is 17.8. The number of hydrogen-bond donors (Lipinski definition) is 1. The van der Waals surface area contributed by atoms with Gasteiger partial charge in [0.05, 0.1) is 5.69 Å². The summed E-state index contributed by atoms with van der Waals surface area (Å²) in [4.78, 5) is 20.2. The fraction of sp³-hybridized carbons (Fsp3) is 0.333. The summed E-state index contributed by atoms with van der Waals surface area (Å²) in [5, 5.41) is 3.82. The van der Waals surface area contributed by atoms with Gasteiger partial charge in [0.25, 0.3) is 5.91 Å². The molecule has 27 heavy (non-hydrogen) atoms. The van der Waals surface area contributed by atoms with E-state index in [-0.39, 0.29) is 11.9 Å². The van der Waals surface area contributed by atoms with Crippen LogP contribution in [0.1, 0.15) is 33.6 Å². The number of rotatable bonds is 5.